The molecule has 1 N–H and O–H groups in total. The Morgan fingerprint density at radius 3 is 2.62 bits per heavy atom. The summed E-state index contributed by atoms with van der Waals surface area (Å²) in [5, 5.41) is 10.5. The summed E-state index contributed by atoms with van der Waals surface area (Å²) < 4.78 is 13.1. The Bertz CT molecular complexity index is 993. The van der Waals surface area contributed by atoms with E-state index in [1.165, 1.54) is 47.3 Å². The summed E-state index contributed by atoms with van der Waals surface area (Å²) in [6.45, 7) is 1.33. The summed E-state index contributed by atoms with van der Waals surface area (Å²) in [6.07, 6.45) is 3.16. The number of anilines is 2. The lowest BCUT2D eigenvalue weighted by molar-refractivity contribution is 0.0906. The molecule has 7 nitrogen and oxygen atoms in total. The van der Waals surface area contributed by atoms with Crippen LogP contribution in [0.2, 0.25) is 0 Å². The maximum absolute atomic E-state index is 13.1. The molecule has 0 aliphatic carbocycles. The van der Waals surface area contributed by atoms with Crippen molar-refractivity contribution in [3.05, 3.63) is 65.0 Å². The number of carbonyl (C=O) groups is 2. The molecule has 29 heavy (non-hydrogen) atoms. The van der Waals surface area contributed by atoms with Crippen LogP contribution in [-0.4, -0.2) is 40.0 Å². The molecular weight excluding hydrogens is 393 g/mol. The van der Waals surface area contributed by atoms with Crippen molar-refractivity contribution in [3.63, 3.8) is 0 Å². The number of hydrogen-bond acceptors (Lipinski definition) is 7. The van der Waals surface area contributed by atoms with Gasteiger partial charge in [-0.3, -0.25) is 14.9 Å². The number of benzene rings is 1. The van der Waals surface area contributed by atoms with Crippen LogP contribution in [0.15, 0.2) is 48.1 Å². The van der Waals surface area contributed by atoms with E-state index in [9.17, 15) is 14.0 Å². The van der Waals surface area contributed by atoms with Crippen molar-refractivity contribution >= 4 is 34.0 Å². The number of aromatic nitrogens is 3. The smallest absolute Gasteiger partial charge is 0.259 e. The predicted octanol–water partition coefficient (Wildman–Crippen LogP) is 3.42. The van der Waals surface area contributed by atoms with E-state index in [2.05, 4.69) is 20.5 Å². The van der Waals surface area contributed by atoms with Crippen molar-refractivity contribution in [2.75, 3.05) is 23.3 Å². The second-order valence-electron chi connectivity index (χ2n) is 6.76. The van der Waals surface area contributed by atoms with Crippen molar-refractivity contribution in [1.29, 1.82) is 0 Å². The molecule has 0 bridgehead atoms. The first-order chi connectivity index (χ1) is 14.1. The third kappa shape index (κ3) is 4.45. The first-order valence-corrected chi connectivity index (χ1v) is 10.1. The van der Waals surface area contributed by atoms with E-state index in [-0.39, 0.29) is 23.4 Å². The van der Waals surface area contributed by atoms with Crippen LogP contribution in [-0.2, 0) is 0 Å². The van der Waals surface area contributed by atoms with Crippen LogP contribution in [0.1, 0.15) is 33.6 Å². The summed E-state index contributed by atoms with van der Waals surface area (Å²) in [5.74, 6) is -0.0942. The predicted molar refractivity (Wildman–Crippen MR) is 108 cm³/mol. The number of Topliss-reactive ketones (excluding diaryl/α,β-unsaturated/α-hetero) is 1. The van der Waals surface area contributed by atoms with E-state index >= 15 is 0 Å². The number of carbonyl (C=O) groups excluding carboxylic acids is 2. The van der Waals surface area contributed by atoms with Gasteiger partial charge in [0.05, 0.1) is 5.56 Å². The van der Waals surface area contributed by atoms with Crippen molar-refractivity contribution < 1.29 is 14.0 Å². The number of nitrogens with zero attached hydrogens (tertiary/aromatic N) is 4. The van der Waals surface area contributed by atoms with E-state index < -0.39 is 0 Å². The molecule has 2 aromatic heterocycles. The monoisotopic (exact) mass is 411 g/mol. The second kappa shape index (κ2) is 8.44. The molecule has 1 aromatic carbocycles. The molecule has 148 valence electrons. The minimum Gasteiger partial charge on any atom is -0.356 e. The van der Waals surface area contributed by atoms with Crippen LogP contribution >= 0.6 is 11.3 Å². The first kappa shape index (κ1) is 19.1. The van der Waals surface area contributed by atoms with E-state index in [4.69, 9.17) is 0 Å². The lowest BCUT2D eigenvalue weighted by Crippen LogP contribution is -2.39. The van der Waals surface area contributed by atoms with Crippen molar-refractivity contribution in [2.45, 2.75) is 12.8 Å². The van der Waals surface area contributed by atoms with Gasteiger partial charge in [0, 0.05) is 30.8 Å². The lowest BCUT2D eigenvalue weighted by atomic mass is 9.90. The molecule has 1 unspecified atom stereocenters. The van der Waals surface area contributed by atoms with Crippen LogP contribution in [0.4, 0.5) is 15.3 Å². The molecule has 0 spiro atoms. The molecule has 3 aromatic rings. The molecule has 1 fully saturated rings. The van der Waals surface area contributed by atoms with Gasteiger partial charge in [-0.25, -0.2) is 9.37 Å². The molecule has 1 saturated heterocycles. The number of pyridine rings is 1. The minimum absolute atomic E-state index is 0.0164. The fourth-order valence-corrected chi connectivity index (χ4v) is 3.79. The number of hydrogen-bond donors (Lipinski definition) is 1. The highest BCUT2D eigenvalue weighted by Crippen LogP contribution is 2.25. The second-order valence-corrected chi connectivity index (χ2v) is 7.59. The van der Waals surface area contributed by atoms with E-state index in [1.807, 2.05) is 4.90 Å². The van der Waals surface area contributed by atoms with Gasteiger partial charge in [-0.15, -0.1) is 10.2 Å². The molecule has 1 atom stereocenters. The number of halogens is 1. The molecule has 0 saturated carbocycles. The third-order valence-corrected chi connectivity index (χ3v) is 5.44. The van der Waals surface area contributed by atoms with Crippen LogP contribution in [0.3, 0.4) is 0 Å². The quantitative estimate of drug-likeness (QED) is 0.647. The van der Waals surface area contributed by atoms with Crippen molar-refractivity contribution in [3.8, 4) is 0 Å². The molecule has 1 amide bonds. The highest BCUT2D eigenvalue weighted by molar-refractivity contribution is 7.13. The topological polar surface area (TPSA) is 88.1 Å². The Kier molecular flexibility index (Phi) is 5.57. The van der Waals surface area contributed by atoms with Gasteiger partial charge in [-0.2, -0.15) is 0 Å². The number of piperidine rings is 1. The Hall–Kier alpha value is -3.20. The lowest BCUT2D eigenvalue weighted by Gasteiger charge is -2.33. The number of ketones is 1. The van der Waals surface area contributed by atoms with Crippen LogP contribution in [0.25, 0.3) is 0 Å². The van der Waals surface area contributed by atoms with Crippen LogP contribution < -0.4 is 10.2 Å². The van der Waals surface area contributed by atoms with Crippen molar-refractivity contribution in [1.82, 2.24) is 15.2 Å². The summed E-state index contributed by atoms with van der Waals surface area (Å²) >= 11 is 1.24. The summed E-state index contributed by atoms with van der Waals surface area (Å²) in [7, 11) is 0. The van der Waals surface area contributed by atoms with Gasteiger partial charge in [0.15, 0.2) is 5.78 Å². The highest BCUT2D eigenvalue weighted by Gasteiger charge is 2.27. The molecule has 3 heterocycles. The SMILES string of the molecule is O=C(Nc1nncs1)c1ccc(N2CCCC(C(=O)c3ccc(F)cc3)C2)nc1. The van der Waals surface area contributed by atoms with Gasteiger partial charge in [-0.05, 0) is 49.2 Å². The molecular formula is C20H18FN5O2S. The van der Waals surface area contributed by atoms with Gasteiger partial charge in [0.25, 0.3) is 5.91 Å². The van der Waals surface area contributed by atoms with Crippen molar-refractivity contribution in [2.24, 2.45) is 5.92 Å². The highest BCUT2D eigenvalue weighted by atomic mass is 32.1. The van der Waals surface area contributed by atoms with Gasteiger partial charge in [-0.1, -0.05) is 11.3 Å². The Balaban J connectivity index is 1.42. The number of nitrogens with one attached hydrogen (secondary N) is 1. The normalized spacial score (nSPS) is 16.4. The number of rotatable bonds is 5. The molecule has 0 radical (unpaired) electrons. The molecule has 1 aliphatic rings. The van der Waals surface area contributed by atoms with Gasteiger partial charge in [0.2, 0.25) is 5.13 Å². The largest absolute Gasteiger partial charge is 0.356 e. The summed E-state index contributed by atoms with van der Waals surface area (Å²) in [4.78, 5) is 31.4. The average molecular weight is 411 g/mol. The van der Waals surface area contributed by atoms with E-state index in [0.717, 1.165) is 19.4 Å². The molecule has 4 rings (SSSR count). The standard InChI is InChI=1S/C20H18FN5O2S/c21-16-6-3-13(4-7-16)18(27)15-2-1-9-26(11-15)17-8-5-14(10-22-17)19(28)24-20-25-23-12-29-20/h3-8,10,12,15H,1-2,9,11H2,(H,24,25,28). The minimum atomic E-state index is -0.355. The average Bonchev–Trinajstić information content (AvgIpc) is 3.27. The first-order valence-electron chi connectivity index (χ1n) is 9.18. The maximum Gasteiger partial charge on any atom is 0.259 e. The Morgan fingerprint density at radius 2 is 1.93 bits per heavy atom. The summed E-state index contributed by atoms with van der Waals surface area (Å²) in [6, 6.07) is 9.15. The molecule has 1 aliphatic heterocycles. The fraction of sp³-hybridized carbons (Fsp3) is 0.250. The summed E-state index contributed by atoms with van der Waals surface area (Å²) in [5.41, 5.74) is 2.48. The van der Waals surface area contributed by atoms with Gasteiger partial charge < -0.3 is 4.90 Å². The van der Waals surface area contributed by atoms with Crippen LogP contribution in [0, 0.1) is 11.7 Å². The zero-order chi connectivity index (χ0) is 20.2. The third-order valence-electron chi connectivity index (χ3n) is 4.84. The molecule has 9 heteroatoms. The van der Waals surface area contributed by atoms with Gasteiger partial charge >= 0.3 is 0 Å². The Labute approximate surface area is 170 Å². The van der Waals surface area contributed by atoms with Gasteiger partial charge in [0.1, 0.15) is 17.1 Å². The maximum atomic E-state index is 13.1. The zero-order valence-electron chi connectivity index (χ0n) is 15.4. The zero-order valence-corrected chi connectivity index (χ0v) is 16.2. The fourth-order valence-electron chi connectivity index (χ4n) is 3.35. The van der Waals surface area contributed by atoms with E-state index in [0.29, 0.717) is 28.6 Å². The van der Waals surface area contributed by atoms with Crippen LogP contribution in [0.5, 0.6) is 0 Å². The Morgan fingerprint density at radius 1 is 1.14 bits per heavy atom. The van der Waals surface area contributed by atoms with E-state index in [1.54, 1.807) is 12.1 Å². The number of amides is 1.